The minimum absolute atomic E-state index is 0.287. The summed E-state index contributed by atoms with van der Waals surface area (Å²) in [6.07, 6.45) is 0.979. The number of carbonyl (C=O) groups is 3. The third-order valence-electron chi connectivity index (χ3n) is 3.81. The molecule has 0 unspecified atom stereocenters. The largest absolute Gasteiger partial charge is 0.478 e. The van der Waals surface area contributed by atoms with Gasteiger partial charge in [-0.05, 0) is 34.7 Å². The van der Waals surface area contributed by atoms with Crippen molar-refractivity contribution in [1.82, 2.24) is 0 Å². The zero-order chi connectivity index (χ0) is 15.3. The summed E-state index contributed by atoms with van der Waals surface area (Å²) in [5, 5.41) is 28.9. The molecule has 0 aliphatic heterocycles. The smallest absolute Gasteiger partial charge is 0.337 e. The Morgan fingerprint density at radius 1 is 0.810 bits per heavy atom. The van der Waals surface area contributed by atoms with Crippen LogP contribution in [0.5, 0.6) is 0 Å². The van der Waals surface area contributed by atoms with Gasteiger partial charge in [-0.1, -0.05) is 18.2 Å². The third-order valence-corrected chi connectivity index (χ3v) is 3.81. The highest BCUT2D eigenvalue weighted by atomic mass is 16.4. The van der Waals surface area contributed by atoms with Crippen LogP contribution in [-0.2, 0) is 12.8 Å². The lowest BCUT2D eigenvalue weighted by atomic mass is 9.89. The van der Waals surface area contributed by atoms with Gasteiger partial charge in [0.1, 0.15) is 0 Å². The summed E-state index contributed by atoms with van der Waals surface area (Å²) in [4.78, 5) is 34.4. The van der Waals surface area contributed by atoms with E-state index in [0.717, 1.165) is 5.56 Å². The number of aromatic carboxylic acids is 3. The van der Waals surface area contributed by atoms with Crippen molar-refractivity contribution in [1.29, 1.82) is 0 Å². The number of rotatable bonds is 3. The van der Waals surface area contributed by atoms with Crippen molar-refractivity contribution in [2.75, 3.05) is 0 Å². The Kier molecular flexibility index (Phi) is 2.69. The SMILES string of the molecule is O=C(O)c1c(C(=O)O)c2c3c(cccc3c1C(=O)O)CC2. The molecule has 2 aromatic carbocycles. The summed E-state index contributed by atoms with van der Waals surface area (Å²) in [5.41, 5.74) is -0.240. The zero-order valence-corrected chi connectivity index (χ0v) is 10.7. The van der Waals surface area contributed by atoms with E-state index in [-0.39, 0.29) is 5.39 Å². The molecule has 0 saturated heterocycles. The molecule has 3 rings (SSSR count). The lowest BCUT2D eigenvalue weighted by molar-refractivity contribution is 0.0634. The zero-order valence-electron chi connectivity index (χ0n) is 10.7. The number of benzene rings is 2. The molecule has 6 heteroatoms. The lowest BCUT2D eigenvalue weighted by Gasteiger charge is -2.13. The van der Waals surface area contributed by atoms with Gasteiger partial charge in [-0.2, -0.15) is 0 Å². The lowest BCUT2D eigenvalue weighted by Crippen LogP contribution is -2.17. The normalized spacial score (nSPS) is 12.6. The van der Waals surface area contributed by atoms with Crippen LogP contribution < -0.4 is 0 Å². The standard InChI is InChI=1S/C15H10O6/c16-13(17)10-7-3-1-2-6-4-5-8(9(6)7)11(14(18)19)12(10)15(20)21/h1-3H,4-5H2,(H,16,17)(H,18,19)(H,20,21). The maximum Gasteiger partial charge on any atom is 0.337 e. The van der Waals surface area contributed by atoms with E-state index in [1.54, 1.807) is 12.1 Å². The molecule has 21 heavy (non-hydrogen) atoms. The van der Waals surface area contributed by atoms with Gasteiger partial charge in [0.15, 0.2) is 0 Å². The maximum atomic E-state index is 11.5. The molecule has 0 bridgehead atoms. The average Bonchev–Trinajstić information content (AvgIpc) is 2.83. The molecule has 0 atom stereocenters. The van der Waals surface area contributed by atoms with Crippen molar-refractivity contribution in [2.45, 2.75) is 12.8 Å². The molecule has 0 aromatic heterocycles. The van der Waals surface area contributed by atoms with Crippen LogP contribution in [0.15, 0.2) is 18.2 Å². The van der Waals surface area contributed by atoms with Crippen molar-refractivity contribution in [3.8, 4) is 0 Å². The fourth-order valence-electron chi connectivity index (χ4n) is 3.09. The fraction of sp³-hybridized carbons (Fsp3) is 0.133. The molecule has 0 saturated carbocycles. The summed E-state index contributed by atoms with van der Waals surface area (Å²) < 4.78 is 0. The first-order valence-electron chi connectivity index (χ1n) is 6.23. The Bertz CT molecular complexity index is 834. The molecule has 1 aliphatic carbocycles. The van der Waals surface area contributed by atoms with Crippen LogP contribution in [0.1, 0.15) is 42.2 Å². The number of aryl methyl sites for hydroxylation is 2. The second-order valence-corrected chi connectivity index (χ2v) is 4.86. The Morgan fingerprint density at radius 3 is 2.00 bits per heavy atom. The molecule has 106 valence electrons. The van der Waals surface area contributed by atoms with Crippen molar-refractivity contribution in [3.05, 3.63) is 46.0 Å². The number of carboxylic acids is 3. The van der Waals surface area contributed by atoms with Crippen molar-refractivity contribution in [2.24, 2.45) is 0 Å². The Hall–Kier alpha value is -2.89. The Labute approximate surface area is 118 Å². The first kappa shape index (κ1) is 13.1. The summed E-state index contributed by atoms with van der Waals surface area (Å²) in [5.74, 6) is -4.39. The van der Waals surface area contributed by atoms with Crippen molar-refractivity contribution in [3.63, 3.8) is 0 Å². The molecule has 1 aliphatic rings. The monoisotopic (exact) mass is 286 g/mol. The van der Waals surface area contributed by atoms with Crippen molar-refractivity contribution < 1.29 is 29.7 Å². The quantitative estimate of drug-likeness (QED) is 0.796. The van der Waals surface area contributed by atoms with Gasteiger partial charge in [-0.25, -0.2) is 14.4 Å². The van der Waals surface area contributed by atoms with Gasteiger partial charge in [-0.15, -0.1) is 0 Å². The number of hydrogen-bond acceptors (Lipinski definition) is 3. The maximum absolute atomic E-state index is 11.5. The van der Waals surface area contributed by atoms with Gasteiger partial charge in [-0.3, -0.25) is 0 Å². The van der Waals surface area contributed by atoms with E-state index in [4.69, 9.17) is 0 Å². The van der Waals surface area contributed by atoms with E-state index in [9.17, 15) is 29.7 Å². The second-order valence-electron chi connectivity index (χ2n) is 4.86. The van der Waals surface area contributed by atoms with E-state index in [1.165, 1.54) is 6.07 Å². The van der Waals surface area contributed by atoms with Crippen LogP contribution in [0.25, 0.3) is 10.8 Å². The minimum atomic E-state index is -1.54. The molecular formula is C15H10O6. The van der Waals surface area contributed by atoms with E-state index < -0.39 is 34.6 Å². The molecule has 0 heterocycles. The van der Waals surface area contributed by atoms with Crippen LogP contribution >= 0.6 is 0 Å². The molecule has 0 radical (unpaired) electrons. The average molecular weight is 286 g/mol. The van der Waals surface area contributed by atoms with Crippen molar-refractivity contribution >= 4 is 28.7 Å². The molecule has 2 aromatic rings. The van der Waals surface area contributed by atoms with Crippen LogP contribution in [0.4, 0.5) is 0 Å². The predicted molar refractivity (Wildman–Crippen MR) is 72.2 cm³/mol. The molecule has 0 fully saturated rings. The van der Waals surface area contributed by atoms with E-state index in [0.29, 0.717) is 23.8 Å². The third kappa shape index (κ3) is 1.69. The minimum Gasteiger partial charge on any atom is -0.478 e. The van der Waals surface area contributed by atoms with Crippen LogP contribution in [0.3, 0.4) is 0 Å². The topological polar surface area (TPSA) is 112 Å². The van der Waals surface area contributed by atoms with Gasteiger partial charge in [0.2, 0.25) is 0 Å². The first-order valence-corrected chi connectivity index (χ1v) is 6.23. The van der Waals surface area contributed by atoms with Gasteiger partial charge in [0.25, 0.3) is 0 Å². The van der Waals surface area contributed by atoms with E-state index in [2.05, 4.69) is 0 Å². The number of carboxylic acid groups (broad SMARTS) is 3. The van der Waals surface area contributed by atoms with Gasteiger partial charge < -0.3 is 15.3 Å². The molecule has 6 nitrogen and oxygen atoms in total. The summed E-state index contributed by atoms with van der Waals surface area (Å²) in [6, 6.07) is 4.98. The van der Waals surface area contributed by atoms with Gasteiger partial charge >= 0.3 is 17.9 Å². The highest BCUT2D eigenvalue weighted by Gasteiger charge is 2.33. The van der Waals surface area contributed by atoms with Gasteiger partial charge in [0.05, 0.1) is 16.7 Å². The summed E-state index contributed by atoms with van der Waals surface area (Å²) >= 11 is 0. The summed E-state index contributed by atoms with van der Waals surface area (Å²) in [6.45, 7) is 0. The first-order chi connectivity index (χ1) is 9.93. The Morgan fingerprint density at radius 2 is 1.43 bits per heavy atom. The van der Waals surface area contributed by atoms with E-state index >= 15 is 0 Å². The highest BCUT2D eigenvalue weighted by Crippen LogP contribution is 2.38. The molecule has 0 spiro atoms. The van der Waals surface area contributed by atoms with Crippen LogP contribution in [-0.4, -0.2) is 33.2 Å². The molecular weight excluding hydrogens is 276 g/mol. The number of hydrogen-bond donors (Lipinski definition) is 3. The molecule has 3 N–H and O–H groups in total. The Balaban J connectivity index is 2.63. The highest BCUT2D eigenvalue weighted by molar-refractivity contribution is 6.19. The predicted octanol–water partition coefficient (Wildman–Crippen LogP) is 2.03. The van der Waals surface area contributed by atoms with Gasteiger partial charge in [0, 0.05) is 0 Å². The second kappa shape index (κ2) is 4.31. The van der Waals surface area contributed by atoms with Crippen LogP contribution in [0, 0.1) is 0 Å². The fourth-order valence-corrected chi connectivity index (χ4v) is 3.09. The molecule has 0 amide bonds. The van der Waals surface area contributed by atoms with Crippen LogP contribution in [0.2, 0.25) is 0 Å². The van der Waals surface area contributed by atoms with E-state index in [1.807, 2.05) is 0 Å². The summed E-state index contributed by atoms with van der Waals surface area (Å²) in [7, 11) is 0.